The molecule has 0 atom stereocenters. The van der Waals surface area contributed by atoms with Gasteiger partial charge in [-0.25, -0.2) is 4.98 Å². The van der Waals surface area contributed by atoms with Gasteiger partial charge in [-0.3, -0.25) is 14.9 Å². The minimum atomic E-state index is -0.272. The van der Waals surface area contributed by atoms with Gasteiger partial charge in [-0.1, -0.05) is 0 Å². The molecule has 2 heterocycles. The van der Waals surface area contributed by atoms with E-state index in [0.29, 0.717) is 22.1 Å². The number of thiazole rings is 1. The molecule has 1 aromatic heterocycles. The molecule has 108 valence electrons. The molecule has 1 aliphatic heterocycles. The lowest BCUT2D eigenvalue weighted by Gasteiger charge is -2.18. The van der Waals surface area contributed by atoms with Gasteiger partial charge in [0, 0.05) is 10.4 Å². The number of hydrogen-bond donors (Lipinski definition) is 2. The number of ether oxygens (including phenoxy) is 1. The summed E-state index contributed by atoms with van der Waals surface area (Å²) in [7, 11) is 0. The quantitative estimate of drug-likeness (QED) is 0.892. The van der Waals surface area contributed by atoms with Crippen LogP contribution in [0.4, 0.5) is 10.8 Å². The first-order valence-corrected chi connectivity index (χ1v) is 7.16. The third-order valence-electron chi connectivity index (χ3n) is 3.12. The number of nitrogens with one attached hydrogen (secondary N) is 2. The molecule has 3 rings (SSSR count). The van der Waals surface area contributed by atoms with Crippen molar-refractivity contribution in [1.82, 2.24) is 4.98 Å². The Morgan fingerprint density at radius 2 is 2.24 bits per heavy atom. The number of anilines is 2. The lowest BCUT2D eigenvalue weighted by molar-refractivity contribution is -0.118. The van der Waals surface area contributed by atoms with E-state index < -0.39 is 0 Å². The number of carbonyl (C=O) groups excluding carboxylic acids is 2. The molecule has 1 aliphatic rings. The van der Waals surface area contributed by atoms with Crippen LogP contribution in [-0.4, -0.2) is 23.4 Å². The third-order valence-corrected chi connectivity index (χ3v) is 4.11. The van der Waals surface area contributed by atoms with E-state index in [0.717, 1.165) is 10.6 Å². The summed E-state index contributed by atoms with van der Waals surface area (Å²) >= 11 is 1.43. The van der Waals surface area contributed by atoms with Gasteiger partial charge in [0.15, 0.2) is 11.7 Å². The summed E-state index contributed by atoms with van der Waals surface area (Å²) in [6, 6.07) is 4.91. The van der Waals surface area contributed by atoms with Crippen LogP contribution in [0.3, 0.4) is 0 Å². The number of carbonyl (C=O) groups is 2. The summed E-state index contributed by atoms with van der Waals surface area (Å²) in [5.41, 5.74) is 1.84. The standard InChI is InChI=1S/C14H13N3O3S/c1-7-8(2)21-14(15-7)17-13(19)9-3-4-11-10(5-9)16-12(18)6-20-11/h3-5H,6H2,1-2H3,(H,16,18)(H,15,17,19). The molecule has 0 spiro atoms. The first-order chi connectivity index (χ1) is 10.0. The Morgan fingerprint density at radius 1 is 1.43 bits per heavy atom. The van der Waals surface area contributed by atoms with Crippen molar-refractivity contribution in [3.8, 4) is 5.75 Å². The fourth-order valence-electron chi connectivity index (χ4n) is 1.92. The number of aryl methyl sites for hydroxylation is 2. The van der Waals surface area contributed by atoms with E-state index in [1.807, 2.05) is 13.8 Å². The van der Waals surface area contributed by atoms with E-state index >= 15 is 0 Å². The number of fused-ring (bicyclic) bond motifs is 1. The number of amides is 2. The molecule has 0 bridgehead atoms. The van der Waals surface area contributed by atoms with Gasteiger partial charge in [0.05, 0.1) is 11.4 Å². The molecule has 7 heteroatoms. The number of nitrogens with zero attached hydrogens (tertiary/aromatic N) is 1. The smallest absolute Gasteiger partial charge is 0.262 e. The number of aromatic nitrogens is 1. The molecule has 0 radical (unpaired) electrons. The normalized spacial score (nSPS) is 13.1. The van der Waals surface area contributed by atoms with Crippen molar-refractivity contribution < 1.29 is 14.3 Å². The topological polar surface area (TPSA) is 80.3 Å². The second-order valence-electron chi connectivity index (χ2n) is 4.66. The second-order valence-corrected chi connectivity index (χ2v) is 5.87. The van der Waals surface area contributed by atoms with Crippen LogP contribution in [0.2, 0.25) is 0 Å². The minimum absolute atomic E-state index is 0.00376. The van der Waals surface area contributed by atoms with Gasteiger partial charge < -0.3 is 10.1 Å². The van der Waals surface area contributed by atoms with Crippen molar-refractivity contribution in [2.45, 2.75) is 13.8 Å². The summed E-state index contributed by atoms with van der Waals surface area (Å²) in [6.07, 6.45) is 0. The first kappa shape index (κ1) is 13.6. The molecule has 21 heavy (non-hydrogen) atoms. The molecule has 2 amide bonds. The first-order valence-electron chi connectivity index (χ1n) is 6.35. The maximum Gasteiger partial charge on any atom is 0.262 e. The highest BCUT2D eigenvalue weighted by Crippen LogP contribution is 2.29. The Labute approximate surface area is 125 Å². The van der Waals surface area contributed by atoms with Crippen LogP contribution in [0.15, 0.2) is 18.2 Å². The van der Waals surface area contributed by atoms with Gasteiger partial charge in [-0.05, 0) is 32.0 Å². The predicted molar refractivity (Wildman–Crippen MR) is 80.1 cm³/mol. The highest BCUT2D eigenvalue weighted by molar-refractivity contribution is 7.15. The predicted octanol–water partition coefficient (Wildman–Crippen LogP) is 2.34. The largest absolute Gasteiger partial charge is 0.482 e. The van der Waals surface area contributed by atoms with E-state index in [9.17, 15) is 9.59 Å². The fraction of sp³-hybridized carbons (Fsp3) is 0.214. The molecule has 0 saturated carbocycles. The van der Waals surface area contributed by atoms with Gasteiger partial charge in [0.25, 0.3) is 11.8 Å². The highest BCUT2D eigenvalue weighted by Gasteiger charge is 2.18. The number of benzene rings is 1. The Balaban J connectivity index is 1.81. The maximum absolute atomic E-state index is 12.2. The SMILES string of the molecule is Cc1nc(NC(=O)c2ccc3c(c2)NC(=O)CO3)sc1C. The average molecular weight is 303 g/mol. The Morgan fingerprint density at radius 3 is 2.95 bits per heavy atom. The molecule has 0 aliphatic carbocycles. The summed E-state index contributed by atoms with van der Waals surface area (Å²) in [6.45, 7) is 3.85. The van der Waals surface area contributed by atoms with Crippen molar-refractivity contribution in [3.63, 3.8) is 0 Å². The van der Waals surface area contributed by atoms with Crippen LogP contribution < -0.4 is 15.4 Å². The summed E-state index contributed by atoms with van der Waals surface area (Å²) in [5.74, 6) is 0.0599. The van der Waals surface area contributed by atoms with Crippen LogP contribution in [0.5, 0.6) is 5.75 Å². The molecule has 0 unspecified atom stereocenters. The zero-order chi connectivity index (χ0) is 15.0. The van der Waals surface area contributed by atoms with Gasteiger partial charge in [-0.15, -0.1) is 11.3 Å². The van der Waals surface area contributed by atoms with Crippen LogP contribution in [-0.2, 0) is 4.79 Å². The monoisotopic (exact) mass is 303 g/mol. The van der Waals surface area contributed by atoms with Gasteiger partial charge in [-0.2, -0.15) is 0 Å². The minimum Gasteiger partial charge on any atom is -0.482 e. The average Bonchev–Trinajstić information content (AvgIpc) is 2.76. The van der Waals surface area contributed by atoms with Crippen molar-refractivity contribution in [3.05, 3.63) is 34.3 Å². The van der Waals surface area contributed by atoms with E-state index in [-0.39, 0.29) is 18.4 Å². The van der Waals surface area contributed by atoms with Gasteiger partial charge in [0.1, 0.15) is 5.75 Å². The molecular formula is C14H13N3O3S. The summed E-state index contributed by atoms with van der Waals surface area (Å²) in [4.78, 5) is 28.8. The van der Waals surface area contributed by atoms with E-state index in [4.69, 9.17) is 4.74 Å². The van der Waals surface area contributed by atoms with E-state index in [2.05, 4.69) is 15.6 Å². The lowest BCUT2D eigenvalue weighted by Crippen LogP contribution is -2.25. The lowest BCUT2D eigenvalue weighted by atomic mass is 10.1. The van der Waals surface area contributed by atoms with Crippen molar-refractivity contribution in [2.24, 2.45) is 0 Å². The van der Waals surface area contributed by atoms with Crippen molar-refractivity contribution in [1.29, 1.82) is 0 Å². The molecule has 6 nitrogen and oxygen atoms in total. The second kappa shape index (κ2) is 5.17. The van der Waals surface area contributed by atoms with Gasteiger partial charge >= 0.3 is 0 Å². The van der Waals surface area contributed by atoms with E-state index in [1.165, 1.54) is 11.3 Å². The summed E-state index contributed by atoms with van der Waals surface area (Å²) in [5, 5.41) is 5.99. The molecular weight excluding hydrogens is 290 g/mol. The zero-order valence-corrected chi connectivity index (χ0v) is 12.3. The molecule has 2 aromatic rings. The Hall–Kier alpha value is -2.41. The highest BCUT2D eigenvalue weighted by atomic mass is 32.1. The van der Waals surface area contributed by atoms with Gasteiger partial charge in [0.2, 0.25) is 0 Å². The molecule has 2 N–H and O–H groups in total. The van der Waals surface area contributed by atoms with Crippen LogP contribution in [0.25, 0.3) is 0 Å². The third kappa shape index (κ3) is 2.73. The molecule has 0 saturated heterocycles. The van der Waals surface area contributed by atoms with Crippen molar-refractivity contribution in [2.75, 3.05) is 17.2 Å². The molecule has 1 aromatic carbocycles. The number of hydrogen-bond acceptors (Lipinski definition) is 5. The van der Waals surface area contributed by atoms with Crippen LogP contribution >= 0.6 is 11.3 Å². The van der Waals surface area contributed by atoms with Crippen molar-refractivity contribution >= 4 is 34.0 Å². The van der Waals surface area contributed by atoms with Crippen LogP contribution in [0.1, 0.15) is 20.9 Å². The van der Waals surface area contributed by atoms with Crippen LogP contribution in [0, 0.1) is 13.8 Å². The van der Waals surface area contributed by atoms with E-state index in [1.54, 1.807) is 18.2 Å². The maximum atomic E-state index is 12.2. The number of rotatable bonds is 2. The fourth-order valence-corrected chi connectivity index (χ4v) is 2.73. The summed E-state index contributed by atoms with van der Waals surface area (Å²) < 4.78 is 5.25. The Kier molecular flexibility index (Phi) is 3.34. The zero-order valence-electron chi connectivity index (χ0n) is 11.5. The Bertz CT molecular complexity index is 720. The molecule has 0 fully saturated rings.